The van der Waals surface area contributed by atoms with E-state index < -0.39 is 11.7 Å². The molecule has 3 saturated heterocycles. The van der Waals surface area contributed by atoms with Gasteiger partial charge in [0.2, 0.25) is 11.8 Å². The fourth-order valence-corrected chi connectivity index (χ4v) is 5.61. The predicted molar refractivity (Wildman–Crippen MR) is 117 cm³/mol. The minimum atomic E-state index is -4.34. The molecule has 5 nitrogen and oxygen atoms in total. The molecule has 2 unspecified atom stereocenters. The monoisotopic (exact) mass is 466 g/mol. The van der Waals surface area contributed by atoms with Gasteiger partial charge < -0.3 is 14.5 Å². The molecule has 0 saturated carbocycles. The van der Waals surface area contributed by atoms with E-state index in [0.29, 0.717) is 51.3 Å². The first-order valence-electron chi connectivity index (χ1n) is 12.0. The number of hydrogen-bond donors (Lipinski definition) is 0. The second-order valence-corrected chi connectivity index (χ2v) is 9.95. The number of alkyl halides is 3. The van der Waals surface area contributed by atoms with Crippen molar-refractivity contribution < 1.29 is 27.5 Å². The van der Waals surface area contributed by atoms with Crippen LogP contribution in [0.15, 0.2) is 24.3 Å². The lowest BCUT2D eigenvalue weighted by molar-refractivity contribution is -0.172. The normalized spacial score (nSPS) is 28.0. The van der Waals surface area contributed by atoms with Gasteiger partial charge in [-0.2, -0.15) is 13.2 Å². The van der Waals surface area contributed by atoms with Crippen molar-refractivity contribution in [3.05, 3.63) is 35.4 Å². The van der Waals surface area contributed by atoms with Crippen molar-refractivity contribution in [2.75, 3.05) is 19.7 Å². The Balaban J connectivity index is 1.35. The number of morpholine rings is 1. The average molecular weight is 467 g/mol. The number of carbonyl (C=O) groups excluding carboxylic acids is 2. The highest BCUT2D eigenvalue weighted by Gasteiger charge is 2.49. The quantitative estimate of drug-likeness (QED) is 0.651. The van der Waals surface area contributed by atoms with Crippen LogP contribution in [-0.2, 0) is 26.9 Å². The molecule has 3 fully saturated rings. The summed E-state index contributed by atoms with van der Waals surface area (Å²) in [7, 11) is 0. The molecule has 33 heavy (non-hydrogen) atoms. The molecular weight excluding hydrogens is 433 g/mol. The molecule has 4 atom stereocenters. The van der Waals surface area contributed by atoms with Crippen LogP contribution in [0.2, 0.25) is 0 Å². The van der Waals surface area contributed by atoms with Gasteiger partial charge in [0.1, 0.15) is 0 Å². The highest BCUT2D eigenvalue weighted by Crippen LogP contribution is 2.38. The molecule has 3 heterocycles. The van der Waals surface area contributed by atoms with E-state index >= 15 is 0 Å². The molecule has 0 radical (unpaired) electrons. The van der Waals surface area contributed by atoms with Gasteiger partial charge in [-0.15, -0.1) is 0 Å². The fourth-order valence-electron chi connectivity index (χ4n) is 5.61. The van der Waals surface area contributed by atoms with Crippen LogP contribution >= 0.6 is 0 Å². The molecule has 0 spiro atoms. The van der Waals surface area contributed by atoms with Crippen molar-refractivity contribution in [2.24, 2.45) is 11.8 Å². The molecule has 3 aliphatic rings. The molecule has 0 bridgehead atoms. The number of likely N-dealkylation sites (tertiary alicyclic amines) is 1. The van der Waals surface area contributed by atoms with E-state index in [1.807, 2.05) is 4.90 Å². The summed E-state index contributed by atoms with van der Waals surface area (Å²) < 4.78 is 44.4. The molecule has 0 aromatic heterocycles. The SMILES string of the molecule is CC(C)[C@H]1COC2CCN(C(=O)CCCc3ccc(C(F)(F)F)cc3)C[C@H]3CCC(=O)N1C23. The number of amides is 2. The summed E-state index contributed by atoms with van der Waals surface area (Å²) >= 11 is 0. The van der Waals surface area contributed by atoms with E-state index in [1.165, 1.54) is 12.1 Å². The topological polar surface area (TPSA) is 49.9 Å². The standard InChI is InChI=1S/C25H33F3N2O3/c1-16(2)20-15-33-21-12-13-29(14-18-8-11-23(32)30(20)24(18)21)22(31)5-3-4-17-6-9-19(10-7-17)25(26,27)28/h6-7,9-10,16,18,20-21,24H,3-5,8,11-15H2,1-2H3/t18-,20-,21?,24?/m1/s1. The minimum absolute atomic E-state index is 0.0285. The Bertz CT molecular complexity index is 855. The van der Waals surface area contributed by atoms with Gasteiger partial charge in [-0.1, -0.05) is 26.0 Å². The molecule has 8 heteroatoms. The fraction of sp³-hybridized carbons (Fsp3) is 0.680. The van der Waals surface area contributed by atoms with E-state index in [2.05, 4.69) is 18.7 Å². The first kappa shape index (κ1) is 24.0. The summed E-state index contributed by atoms with van der Waals surface area (Å²) in [6.07, 6.45) is -0.826. The molecule has 4 rings (SSSR count). The molecule has 1 aromatic rings. The number of aryl methyl sites for hydroxylation is 1. The molecule has 3 aliphatic heterocycles. The van der Waals surface area contributed by atoms with Crippen molar-refractivity contribution >= 4 is 11.8 Å². The van der Waals surface area contributed by atoms with Crippen LogP contribution in [0.5, 0.6) is 0 Å². The summed E-state index contributed by atoms with van der Waals surface area (Å²) in [5.41, 5.74) is 0.141. The van der Waals surface area contributed by atoms with E-state index in [1.54, 1.807) is 0 Å². The van der Waals surface area contributed by atoms with Gasteiger partial charge in [0.05, 0.1) is 30.4 Å². The van der Waals surface area contributed by atoms with Gasteiger partial charge in [-0.25, -0.2) is 0 Å². The second kappa shape index (κ2) is 9.65. The molecule has 2 amide bonds. The molecule has 0 aliphatic carbocycles. The zero-order valence-electron chi connectivity index (χ0n) is 19.3. The van der Waals surface area contributed by atoms with Gasteiger partial charge >= 0.3 is 6.18 Å². The molecular formula is C25H33F3N2O3. The van der Waals surface area contributed by atoms with Crippen LogP contribution in [0.1, 0.15) is 57.1 Å². The van der Waals surface area contributed by atoms with Crippen molar-refractivity contribution in [1.82, 2.24) is 9.80 Å². The molecule has 0 N–H and O–H groups in total. The smallest absolute Gasteiger partial charge is 0.374 e. The number of ether oxygens (including phenoxy) is 1. The van der Waals surface area contributed by atoms with Crippen LogP contribution in [0.25, 0.3) is 0 Å². The zero-order valence-corrected chi connectivity index (χ0v) is 19.3. The number of hydrogen-bond acceptors (Lipinski definition) is 3. The van der Waals surface area contributed by atoms with Crippen LogP contribution < -0.4 is 0 Å². The van der Waals surface area contributed by atoms with E-state index in [4.69, 9.17) is 4.74 Å². The Morgan fingerprint density at radius 3 is 2.58 bits per heavy atom. The summed E-state index contributed by atoms with van der Waals surface area (Å²) in [5.74, 6) is 0.819. The van der Waals surface area contributed by atoms with E-state index in [-0.39, 0.29) is 35.9 Å². The van der Waals surface area contributed by atoms with Crippen LogP contribution in [0.4, 0.5) is 13.2 Å². The van der Waals surface area contributed by atoms with Gasteiger partial charge in [-0.3, -0.25) is 9.59 Å². The summed E-state index contributed by atoms with van der Waals surface area (Å²) in [5, 5.41) is 0. The van der Waals surface area contributed by atoms with Crippen LogP contribution in [0.3, 0.4) is 0 Å². The third-order valence-corrected chi connectivity index (χ3v) is 7.44. The number of benzene rings is 1. The number of nitrogens with zero attached hydrogens (tertiary/aromatic N) is 2. The number of carbonyl (C=O) groups is 2. The Morgan fingerprint density at radius 2 is 1.91 bits per heavy atom. The van der Waals surface area contributed by atoms with Crippen LogP contribution in [0, 0.1) is 11.8 Å². The van der Waals surface area contributed by atoms with Crippen molar-refractivity contribution in [3.8, 4) is 0 Å². The summed E-state index contributed by atoms with van der Waals surface area (Å²) in [6, 6.07) is 5.28. The van der Waals surface area contributed by atoms with E-state index in [0.717, 1.165) is 30.5 Å². The van der Waals surface area contributed by atoms with E-state index in [9.17, 15) is 22.8 Å². The number of halogens is 3. The summed E-state index contributed by atoms with van der Waals surface area (Å²) in [6.45, 7) is 6.05. The highest BCUT2D eigenvalue weighted by molar-refractivity contribution is 5.79. The molecule has 182 valence electrons. The van der Waals surface area contributed by atoms with Gasteiger partial charge in [0.15, 0.2) is 0 Å². The summed E-state index contributed by atoms with van der Waals surface area (Å²) in [4.78, 5) is 29.8. The van der Waals surface area contributed by atoms with Gasteiger partial charge in [0, 0.05) is 25.9 Å². The maximum Gasteiger partial charge on any atom is 0.416 e. The minimum Gasteiger partial charge on any atom is -0.374 e. The maximum absolute atomic E-state index is 13.0. The molecule has 1 aromatic carbocycles. The zero-order chi connectivity index (χ0) is 23.8. The van der Waals surface area contributed by atoms with Gasteiger partial charge in [-0.05, 0) is 55.2 Å². The Morgan fingerprint density at radius 1 is 1.18 bits per heavy atom. The maximum atomic E-state index is 13.0. The average Bonchev–Trinajstić information content (AvgIpc) is 2.96. The Labute approximate surface area is 193 Å². The van der Waals surface area contributed by atoms with Crippen LogP contribution in [-0.4, -0.2) is 59.5 Å². The van der Waals surface area contributed by atoms with Gasteiger partial charge in [0.25, 0.3) is 0 Å². The third kappa shape index (κ3) is 5.20. The van der Waals surface area contributed by atoms with Crippen molar-refractivity contribution in [3.63, 3.8) is 0 Å². The van der Waals surface area contributed by atoms with Crippen molar-refractivity contribution in [1.29, 1.82) is 0 Å². The first-order chi connectivity index (χ1) is 15.6. The first-order valence-corrected chi connectivity index (χ1v) is 12.0. The number of rotatable bonds is 5. The number of piperidine rings is 1. The third-order valence-electron chi connectivity index (χ3n) is 7.44. The lowest BCUT2D eigenvalue weighted by Gasteiger charge is -2.52. The predicted octanol–water partition coefficient (Wildman–Crippen LogP) is 4.29. The second-order valence-electron chi connectivity index (χ2n) is 9.95. The van der Waals surface area contributed by atoms with Crippen molar-refractivity contribution in [2.45, 2.75) is 76.7 Å². The lowest BCUT2D eigenvalue weighted by Crippen LogP contribution is -2.65. The largest absolute Gasteiger partial charge is 0.416 e. The lowest BCUT2D eigenvalue weighted by atomic mass is 9.81. The Kier molecular flexibility index (Phi) is 7.03. The highest BCUT2D eigenvalue weighted by atomic mass is 19.4. The Hall–Kier alpha value is -2.09.